The second kappa shape index (κ2) is 5.09. The first-order valence-electron chi connectivity index (χ1n) is 4.15. The molecular formula is C10H13N3. The van der Waals surface area contributed by atoms with E-state index in [1.807, 2.05) is 43.3 Å². The van der Waals surface area contributed by atoms with Gasteiger partial charge in [0.2, 0.25) is 0 Å². The summed E-state index contributed by atoms with van der Waals surface area (Å²) in [4.78, 5) is 0. The maximum atomic E-state index is 3.73. The molecule has 0 heterocycles. The Hall–Kier alpha value is -1.64. The topological polar surface area (TPSA) is 36.8 Å². The van der Waals surface area contributed by atoms with Crippen LogP contribution in [0.15, 0.2) is 46.7 Å². The highest BCUT2D eigenvalue weighted by molar-refractivity contribution is 5.62. The van der Waals surface area contributed by atoms with Crippen LogP contribution < -0.4 is 5.43 Å². The Labute approximate surface area is 78.2 Å². The normalized spacial score (nSPS) is 12.0. The number of hydrogen-bond acceptors (Lipinski definition) is 2. The monoisotopic (exact) mass is 175 g/mol. The molecule has 0 saturated heterocycles. The molecule has 3 heteroatoms. The van der Waals surface area contributed by atoms with Crippen molar-refractivity contribution >= 4 is 5.70 Å². The summed E-state index contributed by atoms with van der Waals surface area (Å²) in [7, 11) is 1.63. The van der Waals surface area contributed by atoms with Crippen molar-refractivity contribution < 1.29 is 0 Å². The molecule has 68 valence electrons. The van der Waals surface area contributed by atoms with E-state index in [1.54, 1.807) is 7.05 Å². The van der Waals surface area contributed by atoms with E-state index in [2.05, 4.69) is 15.8 Å². The molecule has 0 unspecified atom stereocenters. The minimum absolute atomic E-state index is 0.964. The van der Waals surface area contributed by atoms with Crippen LogP contribution in [0.5, 0.6) is 0 Å². The zero-order chi connectivity index (χ0) is 9.52. The van der Waals surface area contributed by atoms with E-state index in [1.165, 1.54) is 0 Å². The van der Waals surface area contributed by atoms with E-state index < -0.39 is 0 Å². The van der Waals surface area contributed by atoms with E-state index in [0.29, 0.717) is 0 Å². The predicted molar refractivity (Wildman–Crippen MR) is 54.0 cm³/mol. The number of hydrogen-bond donors (Lipinski definition) is 1. The second-order valence-electron chi connectivity index (χ2n) is 2.48. The Balaban J connectivity index is 2.80. The molecule has 0 radical (unpaired) electrons. The smallest absolute Gasteiger partial charge is 0.0608 e. The molecule has 1 aromatic carbocycles. The summed E-state index contributed by atoms with van der Waals surface area (Å²) in [6.07, 6.45) is 1.96. The Kier molecular flexibility index (Phi) is 3.70. The van der Waals surface area contributed by atoms with Gasteiger partial charge < -0.3 is 0 Å². The van der Waals surface area contributed by atoms with Crippen LogP contribution in [0.2, 0.25) is 0 Å². The van der Waals surface area contributed by atoms with Crippen molar-refractivity contribution in [2.45, 2.75) is 6.92 Å². The van der Waals surface area contributed by atoms with Crippen LogP contribution >= 0.6 is 0 Å². The molecule has 1 N–H and O–H groups in total. The van der Waals surface area contributed by atoms with Crippen LogP contribution in [0, 0.1) is 0 Å². The molecule has 13 heavy (non-hydrogen) atoms. The Morgan fingerprint density at radius 1 is 1.31 bits per heavy atom. The summed E-state index contributed by atoms with van der Waals surface area (Å²) < 4.78 is 0. The van der Waals surface area contributed by atoms with Gasteiger partial charge in [0.1, 0.15) is 0 Å². The average molecular weight is 175 g/mol. The van der Waals surface area contributed by atoms with Gasteiger partial charge in [-0.3, -0.25) is 5.43 Å². The summed E-state index contributed by atoms with van der Waals surface area (Å²) in [5, 5.41) is 7.35. The predicted octanol–water partition coefficient (Wildman–Crippen LogP) is 2.63. The lowest BCUT2D eigenvalue weighted by molar-refractivity contribution is 0.870. The maximum Gasteiger partial charge on any atom is 0.0608 e. The van der Waals surface area contributed by atoms with Crippen LogP contribution in [0.1, 0.15) is 12.5 Å². The largest absolute Gasteiger partial charge is 0.260 e. The lowest BCUT2D eigenvalue weighted by atomic mass is 10.1. The van der Waals surface area contributed by atoms with Crippen molar-refractivity contribution in [1.29, 1.82) is 0 Å². The summed E-state index contributed by atoms with van der Waals surface area (Å²) in [5.74, 6) is 0. The summed E-state index contributed by atoms with van der Waals surface area (Å²) >= 11 is 0. The molecule has 0 aliphatic rings. The van der Waals surface area contributed by atoms with Gasteiger partial charge in [0.15, 0.2) is 0 Å². The molecule has 0 spiro atoms. The highest BCUT2D eigenvalue weighted by atomic mass is 15.4. The van der Waals surface area contributed by atoms with E-state index in [9.17, 15) is 0 Å². The van der Waals surface area contributed by atoms with Gasteiger partial charge in [-0.2, -0.15) is 5.11 Å². The van der Waals surface area contributed by atoms with Gasteiger partial charge >= 0.3 is 0 Å². The van der Waals surface area contributed by atoms with Crippen LogP contribution in [-0.2, 0) is 0 Å². The van der Waals surface area contributed by atoms with Crippen LogP contribution in [-0.4, -0.2) is 7.05 Å². The van der Waals surface area contributed by atoms with Gasteiger partial charge in [-0.05, 0) is 12.5 Å². The minimum atomic E-state index is 0.964. The van der Waals surface area contributed by atoms with Crippen molar-refractivity contribution in [3.8, 4) is 0 Å². The minimum Gasteiger partial charge on any atom is -0.260 e. The second-order valence-corrected chi connectivity index (χ2v) is 2.48. The van der Waals surface area contributed by atoms with Crippen molar-refractivity contribution in [2.75, 3.05) is 7.05 Å². The molecule has 0 fully saturated rings. The SMILES string of the molecule is C/C=C(\NN=NC)c1ccccc1. The zero-order valence-electron chi connectivity index (χ0n) is 7.86. The molecule has 1 aromatic rings. The average Bonchev–Trinajstić information content (AvgIpc) is 2.21. The van der Waals surface area contributed by atoms with E-state index >= 15 is 0 Å². The first-order chi connectivity index (χ1) is 6.38. The molecule has 0 aliphatic heterocycles. The fraction of sp³-hybridized carbons (Fsp3) is 0.200. The quantitative estimate of drug-likeness (QED) is 0.556. The molecule has 0 atom stereocenters. The third-order valence-electron chi connectivity index (χ3n) is 1.64. The highest BCUT2D eigenvalue weighted by Crippen LogP contribution is 2.09. The Morgan fingerprint density at radius 3 is 2.54 bits per heavy atom. The summed E-state index contributed by atoms with van der Waals surface area (Å²) in [5.41, 5.74) is 4.93. The van der Waals surface area contributed by atoms with E-state index in [-0.39, 0.29) is 0 Å². The fourth-order valence-corrected chi connectivity index (χ4v) is 1.02. The standard InChI is InChI=1S/C10H13N3/c1-3-10(12-13-11-2)9-7-5-4-6-8-9/h3-8H,1-2H3,(H,11,12)/b10-3-. The van der Waals surface area contributed by atoms with Crippen molar-refractivity contribution in [3.63, 3.8) is 0 Å². The molecule has 0 bridgehead atoms. The Morgan fingerprint density at radius 2 is 2.00 bits per heavy atom. The fourth-order valence-electron chi connectivity index (χ4n) is 1.02. The van der Waals surface area contributed by atoms with Crippen LogP contribution in [0.3, 0.4) is 0 Å². The first-order valence-corrected chi connectivity index (χ1v) is 4.15. The third kappa shape index (κ3) is 2.71. The number of benzene rings is 1. The van der Waals surface area contributed by atoms with Crippen molar-refractivity contribution in [2.24, 2.45) is 10.3 Å². The molecule has 0 aliphatic carbocycles. The summed E-state index contributed by atoms with van der Waals surface area (Å²) in [6.45, 7) is 1.96. The van der Waals surface area contributed by atoms with Gasteiger partial charge in [-0.1, -0.05) is 41.6 Å². The molecule has 3 nitrogen and oxygen atoms in total. The molecule has 1 rings (SSSR count). The number of rotatable bonds is 3. The van der Waals surface area contributed by atoms with Gasteiger partial charge in [0, 0.05) is 0 Å². The molecular weight excluding hydrogens is 162 g/mol. The molecule has 0 amide bonds. The van der Waals surface area contributed by atoms with Crippen molar-refractivity contribution in [1.82, 2.24) is 5.43 Å². The van der Waals surface area contributed by atoms with Crippen molar-refractivity contribution in [3.05, 3.63) is 42.0 Å². The molecule has 0 saturated carbocycles. The zero-order valence-corrected chi connectivity index (χ0v) is 7.86. The van der Waals surface area contributed by atoms with Gasteiger partial charge in [0.25, 0.3) is 0 Å². The summed E-state index contributed by atoms with van der Waals surface area (Å²) in [6, 6.07) is 10.0. The third-order valence-corrected chi connectivity index (χ3v) is 1.64. The van der Waals surface area contributed by atoms with Crippen LogP contribution in [0.25, 0.3) is 5.70 Å². The maximum absolute atomic E-state index is 3.73. The van der Waals surface area contributed by atoms with Gasteiger partial charge in [-0.15, -0.1) is 0 Å². The van der Waals surface area contributed by atoms with Gasteiger partial charge in [0.05, 0.1) is 12.7 Å². The van der Waals surface area contributed by atoms with E-state index in [0.717, 1.165) is 11.3 Å². The lowest BCUT2D eigenvalue weighted by Gasteiger charge is -2.03. The Bertz CT molecular complexity index is 301. The number of allylic oxidation sites excluding steroid dienone is 1. The van der Waals surface area contributed by atoms with Crippen LogP contribution in [0.4, 0.5) is 0 Å². The number of nitrogens with zero attached hydrogens (tertiary/aromatic N) is 2. The number of nitrogens with one attached hydrogen (secondary N) is 1. The van der Waals surface area contributed by atoms with E-state index in [4.69, 9.17) is 0 Å². The highest BCUT2D eigenvalue weighted by Gasteiger charge is 1.95. The lowest BCUT2D eigenvalue weighted by Crippen LogP contribution is -2.02. The first kappa shape index (κ1) is 9.45. The molecule has 0 aromatic heterocycles. The van der Waals surface area contributed by atoms with Gasteiger partial charge in [-0.25, -0.2) is 0 Å².